The molecule has 1 aliphatic heterocycles. The first-order chi connectivity index (χ1) is 16.1. The van der Waals surface area contributed by atoms with E-state index in [2.05, 4.69) is 37.6 Å². The Morgan fingerprint density at radius 1 is 1.21 bits per heavy atom. The number of ether oxygens (including phenoxy) is 1. The van der Waals surface area contributed by atoms with Gasteiger partial charge in [-0.2, -0.15) is 4.31 Å². The third-order valence-corrected chi connectivity index (χ3v) is 8.97. The Morgan fingerprint density at radius 2 is 1.91 bits per heavy atom. The molecule has 1 aromatic rings. The lowest BCUT2D eigenvalue weighted by molar-refractivity contribution is 0.0712. The fraction of sp³-hybridized carbons (Fsp3) is 0.704. The van der Waals surface area contributed by atoms with Gasteiger partial charge in [-0.25, -0.2) is 8.42 Å². The maximum Gasteiger partial charge on any atom is 0.247 e. The van der Waals surface area contributed by atoms with E-state index in [9.17, 15) is 13.5 Å². The van der Waals surface area contributed by atoms with E-state index >= 15 is 0 Å². The number of nitrogens with zero attached hydrogens (tertiary/aromatic N) is 2. The number of aliphatic hydroxyl groups excluding tert-OH is 1. The molecule has 0 amide bonds. The van der Waals surface area contributed by atoms with Gasteiger partial charge in [0.15, 0.2) is 0 Å². The number of benzene rings is 1. The number of sulfonamides is 1. The third-order valence-electron chi connectivity index (χ3n) is 6.95. The summed E-state index contributed by atoms with van der Waals surface area (Å²) in [5, 5.41) is 9.81. The van der Waals surface area contributed by atoms with Crippen LogP contribution in [0.1, 0.15) is 65.4 Å². The largest absolute Gasteiger partial charge is 0.487 e. The van der Waals surface area contributed by atoms with Gasteiger partial charge in [-0.15, -0.1) is 0 Å². The molecule has 0 bridgehead atoms. The first-order valence-corrected chi connectivity index (χ1v) is 14.2. The monoisotopic (exact) mass is 490 g/mol. The van der Waals surface area contributed by atoms with Crippen LogP contribution < -0.4 is 4.74 Å². The second-order valence-corrected chi connectivity index (χ2v) is 12.5. The topological polar surface area (TPSA) is 70.1 Å². The molecule has 0 spiro atoms. The zero-order valence-electron chi connectivity index (χ0n) is 21.5. The van der Waals surface area contributed by atoms with Crippen LogP contribution in [0.4, 0.5) is 0 Å². The number of hydrogen-bond donors (Lipinski definition) is 1. The molecular weight excluding hydrogens is 448 g/mol. The molecule has 1 saturated carbocycles. The van der Waals surface area contributed by atoms with E-state index in [1.165, 1.54) is 30.0 Å². The fourth-order valence-corrected chi connectivity index (χ4v) is 6.72. The van der Waals surface area contributed by atoms with Gasteiger partial charge in [-0.05, 0) is 56.8 Å². The average molecular weight is 491 g/mol. The molecule has 3 atom stereocenters. The van der Waals surface area contributed by atoms with Gasteiger partial charge < -0.3 is 14.7 Å². The second-order valence-electron chi connectivity index (χ2n) is 10.7. The Hall–Kier alpha value is -1.59. The van der Waals surface area contributed by atoms with Gasteiger partial charge in [0.1, 0.15) is 16.7 Å². The van der Waals surface area contributed by atoms with Gasteiger partial charge in [0.2, 0.25) is 10.0 Å². The summed E-state index contributed by atoms with van der Waals surface area (Å²) >= 11 is 0. The van der Waals surface area contributed by atoms with E-state index < -0.39 is 16.1 Å². The number of aliphatic hydroxyl groups is 1. The average Bonchev–Trinajstić information content (AvgIpc) is 3.28. The van der Waals surface area contributed by atoms with Crippen molar-refractivity contribution >= 4 is 10.0 Å². The predicted octanol–water partition coefficient (Wildman–Crippen LogP) is 3.97. The highest BCUT2D eigenvalue weighted by atomic mass is 32.2. The molecule has 7 heteroatoms. The van der Waals surface area contributed by atoms with Crippen molar-refractivity contribution in [2.24, 2.45) is 17.8 Å². The van der Waals surface area contributed by atoms with E-state index in [0.717, 1.165) is 31.0 Å². The maximum atomic E-state index is 13.6. The smallest absolute Gasteiger partial charge is 0.247 e. The summed E-state index contributed by atoms with van der Waals surface area (Å²) in [4.78, 5) is 2.48. The van der Waals surface area contributed by atoms with Gasteiger partial charge in [-0.3, -0.25) is 0 Å². The lowest BCUT2D eigenvalue weighted by Crippen LogP contribution is -2.49. The molecule has 6 nitrogen and oxygen atoms in total. The molecule has 1 aliphatic carbocycles. The van der Waals surface area contributed by atoms with E-state index in [-0.39, 0.29) is 23.5 Å². The van der Waals surface area contributed by atoms with E-state index in [4.69, 9.17) is 4.74 Å². The minimum atomic E-state index is -3.82. The predicted molar refractivity (Wildman–Crippen MR) is 136 cm³/mol. The SMILES string of the molecule is CC(C)CC#Cc1ccc2c(c1)O[C@@H](CN(C)CC1CCCC1)[C@H](C)CN([C@@H](C)CO)S2(=O)=O. The first kappa shape index (κ1) is 27.0. The quantitative estimate of drug-likeness (QED) is 0.586. The van der Waals surface area contributed by atoms with Crippen LogP contribution >= 0.6 is 0 Å². The molecule has 1 aromatic carbocycles. The molecule has 0 unspecified atom stereocenters. The molecule has 3 rings (SSSR count). The summed E-state index contributed by atoms with van der Waals surface area (Å²) in [7, 11) is -1.69. The van der Waals surface area contributed by atoms with Crippen LogP contribution in [0.2, 0.25) is 0 Å². The Labute approximate surface area is 206 Å². The van der Waals surface area contributed by atoms with Crippen LogP contribution in [-0.2, 0) is 10.0 Å². The van der Waals surface area contributed by atoms with Crippen LogP contribution in [-0.4, -0.2) is 68.2 Å². The molecule has 190 valence electrons. The zero-order chi connectivity index (χ0) is 24.9. The molecule has 0 radical (unpaired) electrons. The van der Waals surface area contributed by atoms with Crippen LogP contribution in [0, 0.1) is 29.6 Å². The number of rotatable bonds is 7. The fourth-order valence-electron chi connectivity index (χ4n) is 4.89. The van der Waals surface area contributed by atoms with Crippen molar-refractivity contribution in [2.45, 2.75) is 76.8 Å². The standard InChI is InChI=1S/C27H42N2O4S/c1-20(2)9-8-12-23-13-14-27-25(15-23)33-26(18-28(5)17-24-10-6-7-11-24)21(3)16-29(22(4)19-30)34(27,31)32/h13-15,20-22,24,26,30H,6-7,9-11,16-19H2,1-5H3/t21-,22+,26+/m1/s1. The highest BCUT2D eigenvalue weighted by Gasteiger charge is 2.38. The summed E-state index contributed by atoms with van der Waals surface area (Å²) in [6, 6.07) is 4.61. The van der Waals surface area contributed by atoms with Crippen LogP contribution in [0.25, 0.3) is 0 Å². The summed E-state index contributed by atoms with van der Waals surface area (Å²) in [6.07, 6.45) is 5.81. The van der Waals surface area contributed by atoms with E-state index in [0.29, 0.717) is 18.2 Å². The molecule has 2 aliphatic rings. The van der Waals surface area contributed by atoms with Crippen LogP contribution in [0.15, 0.2) is 23.1 Å². The lowest BCUT2D eigenvalue weighted by Gasteiger charge is -2.38. The molecular formula is C27H42N2O4S. The Morgan fingerprint density at radius 3 is 2.56 bits per heavy atom. The number of fused-ring (bicyclic) bond motifs is 1. The van der Waals surface area contributed by atoms with Crippen LogP contribution in [0.5, 0.6) is 5.75 Å². The highest BCUT2D eigenvalue weighted by Crippen LogP contribution is 2.34. The maximum absolute atomic E-state index is 13.6. The molecule has 0 saturated heterocycles. The summed E-state index contributed by atoms with van der Waals surface area (Å²) in [5.74, 6) is 7.86. The van der Waals surface area contributed by atoms with Gasteiger partial charge in [0.25, 0.3) is 0 Å². The van der Waals surface area contributed by atoms with E-state index in [1.807, 2.05) is 6.92 Å². The second kappa shape index (κ2) is 11.9. The molecule has 34 heavy (non-hydrogen) atoms. The zero-order valence-corrected chi connectivity index (χ0v) is 22.3. The van der Waals surface area contributed by atoms with Crippen molar-refractivity contribution in [1.82, 2.24) is 9.21 Å². The molecule has 0 aromatic heterocycles. The van der Waals surface area contributed by atoms with Crippen molar-refractivity contribution in [1.29, 1.82) is 0 Å². The van der Waals surface area contributed by atoms with Gasteiger partial charge >= 0.3 is 0 Å². The van der Waals surface area contributed by atoms with Crippen molar-refractivity contribution < 1.29 is 18.3 Å². The first-order valence-electron chi connectivity index (χ1n) is 12.7. The van der Waals surface area contributed by atoms with Crippen molar-refractivity contribution in [3.05, 3.63) is 23.8 Å². The van der Waals surface area contributed by atoms with E-state index in [1.54, 1.807) is 25.1 Å². The molecule has 1 N–H and O–H groups in total. The summed E-state index contributed by atoms with van der Waals surface area (Å²) < 4.78 is 35.1. The Bertz CT molecular complexity index is 976. The summed E-state index contributed by atoms with van der Waals surface area (Å²) in [6.45, 7) is 9.87. The number of hydrogen-bond acceptors (Lipinski definition) is 5. The minimum Gasteiger partial charge on any atom is -0.487 e. The van der Waals surface area contributed by atoms with Crippen molar-refractivity contribution in [2.75, 3.05) is 33.3 Å². The Kier molecular flexibility index (Phi) is 9.45. The van der Waals surface area contributed by atoms with Crippen molar-refractivity contribution in [3.8, 4) is 17.6 Å². The molecule has 1 heterocycles. The van der Waals surface area contributed by atoms with Gasteiger partial charge in [0, 0.05) is 43.6 Å². The highest BCUT2D eigenvalue weighted by molar-refractivity contribution is 7.89. The van der Waals surface area contributed by atoms with Crippen molar-refractivity contribution in [3.63, 3.8) is 0 Å². The third kappa shape index (κ3) is 6.75. The van der Waals surface area contributed by atoms with Gasteiger partial charge in [-0.1, -0.05) is 45.5 Å². The normalized spacial score (nSPS) is 24.1. The lowest BCUT2D eigenvalue weighted by atomic mass is 10.0. The van der Waals surface area contributed by atoms with Gasteiger partial charge in [0.05, 0.1) is 6.61 Å². The summed E-state index contributed by atoms with van der Waals surface area (Å²) in [5.41, 5.74) is 0.752. The minimum absolute atomic E-state index is 0.0429. The Balaban J connectivity index is 1.94. The van der Waals surface area contributed by atoms with Crippen LogP contribution in [0.3, 0.4) is 0 Å². The molecule has 1 fully saturated rings. The number of likely N-dealkylation sites (N-methyl/N-ethyl adjacent to an activating group) is 1.